The highest BCUT2D eigenvalue weighted by Gasteiger charge is 2.33. The van der Waals surface area contributed by atoms with Gasteiger partial charge in [-0.3, -0.25) is 4.99 Å². The Morgan fingerprint density at radius 1 is 1.17 bits per heavy atom. The van der Waals surface area contributed by atoms with Gasteiger partial charge in [0.2, 0.25) is 10.0 Å². The molecule has 1 heterocycles. The van der Waals surface area contributed by atoms with Gasteiger partial charge in [-0.15, -0.1) is 24.0 Å². The van der Waals surface area contributed by atoms with Crippen molar-refractivity contribution in [3.63, 3.8) is 0 Å². The van der Waals surface area contributed by atoms with Crippen molar-refractivity contribution in [3.05, 3.63) is 0 Å². The van der Waals surface area contributed by atoms with Crippen molar-refractivity contribution in [2.45, 2.75) is 46.0 Å². The van der Waals surface area contributed by atoms with Crippen LogP contribution in [-0.4, -0.2) is 81.9 Å². The fourth-order valence-electron chi connectivity index (χ4n) is 3.89. The van der Waals surface area contributed by atoms with Crippen molar-refractivity contribution in [1.82, 2.24) is 14.9 Å². The summed E-state index contributed by atoms with van der Waals surface area (Å²) in [6.45, 7) is 8.77. The van der Waals surface area contributed by atoms with Crippen molar-refractivity contribution >= 4 is 51.7 Å². The van der Waals surface area contributed by atoms with E-state index in [9.17, 15) is 8.42 Å². The van der Waals surface area contributed by atoms with E-state index in [2.05, 4.69) is 10.6 Å². The lowest BCUT2D eigenvalue weighted by Gasteiger charge is -2.27. The molecular weight excluding hydrogens is 523 g/mol. The van der Waals surface area contributed by atoms with Crippen molar-refractivity contribution in [1.29, 1.82) is 0 Å². The predicted molar refractivity (Wildman–Crippen MR) is 134 cm³/mol. The highest BCUT2D eigenvalue weighted by Crippen LogP contribution is 2.41. The van der Waals surface area contributed by atoms with Crippen LogP contribution in [0.2, 0.25) is 0 Å². The average Bonchev–Trinajstić information content (AvgIpc) is 3.16. The molecule has 0 amide bonds. The molecule has 0 atom stereocenters. The maximum Gasteiger partial charge on any atom is 0.215 e. The Labute approximate surface area is 198 Å². The van der Waals surface area contributed by atoms with E-state index in [1.807, 2.05) is 25.6 Å². The van der Waals surface area contributed by atoms with E-state index in [0.717, 1.165) is 50.2 Å². The van der Waals surface area contributed by atoms with Crippen LogP contribution in [0.25, 0.3) is 0 Å². The maximum atomic E-state index is 12.5. The smallest absolute Gasteiger partial charge is 0.215 e. The third kappa shape index (κ3) is 9.49. The Balaban J connectivity index is 0.00000420. The summed E-state index contributed by atoms with van der Waals surface area (Å²) in [4.78, 5) is 4.81. The number of hydrogen-bond acceptors (Lipinski definition) is 5. The van der Waals surface area contributed by atoms with Gasteiger partial charge in [-0.1, -0.05) is 12.8 Å². The van der Waals surface area contributed by atoms with Gasteiger partial charge in [-0.25, -0.2) is 12.7 Å². The van der Waals surface area contributed by atoms with Crippen LogP contribution < -0.4 is 10.6 Å². The molecule has 0 radical (unpaired) electrons. The molecule has 29 heavy (non-hydrogen) atoms. The topological polar surface area (TPSA) is 83.0 Å². The Kier molecular flexibility index (Phi) is 13.5. The van der Waals surface area contributed by atoms with E-state index in [1.165, 1.54) is 25.7 Å². The first-order chi connectivity index (χ1) is 13.5. The molecule has 1 saturated heterocycles. The summed E-state index contributed by atoms with van der Waals surface area (Å²) in [5, 5.41) is 6.47. The number of nitrogens with zero attached hydrogens (tertiary/aromatic N) is 2. The van der Waals surface area contributed by atoms with Crippen LogP contribution in [-0.2, 0) is 14.8 Å². The number of sulfonamides is 1. The first-order valence-electron chi connectivity index (χ1n) is 10.7. The van der Waals surface area contributed by atoms with Crippen molar-refractivity contribution in [3.8, 4) is 0 Å². The molecule has 1 saturated carbocycles. The van der Waals surface area contributed by atoms with Gasteiger partial charge in [0.15, 0.2) is 5.96 Å². The number of hydrogen-bond donors (Lipinski definition) is 2. The number of ether oxygens (including phenoxy) is 1. The Hall–Kier alpha value is 0.220. The third-order valence-corrected chi connectivity index (χ3v) is 8.39. The lowest BCUT2D eigenvalue weighted by molar-refractivity contribution is 0.107. The summed E-state index contributed by atoms with van der Waals surface area (Å²) in [6, 6.07) is 0. The fraction of sp³-hybridized carbons (Fsp3) is 0.947. The monoisotopic (exact) mass is 562 g/mol. The number of rotatable bonds is 11. The molecule has 0 aromatic heterocycles. The van der Waals surface area contributed by atoms with Crippen LogP contribution in [0.5, 0.6) is 0 Å². The number of thioether (sulfide) groups is 1. The molecule has 2 N–H and O–H groups in total. The molecule has 10 heteroatoms. The summed E-state index contributed by atoms with van der Waals surface area (Å²) in [5.41, 5.74) is 0.231. The molecular formula is C19H39IN4O3S2. The summed E-state index contributed by atoms with van der Waals surface area (Å²) >= 11 is 1.82. The Morgan fingerprint density at radius 3 is 2.48 bits per heavy atom. The van der Waals surface area contributed by atoms with Gasteiger partial charge in [0.25, 0.3) is 0 Å². The molecule has 1 aliphatic heterocycles. The third-order valence-electron chi connectivity index (χ3n) is 5.58. The summed E-state index contributed by atoms with van der Waals surface area (Å²) in [7, 11) is -3.19. The van der Waals surface area contributed by atoms with E-state index < -0.39 is 10.0 Å². The molecule has 7 nitrogen and oxygen atoms in total. The lowest BCUT2D eigenvalue weighted by atomic mass is 9.83. The van der Waals surface area contributed by atoms with Gasteiger partial charge in [0.05, 0.1) is 5.75 Å². The molecule has 1 aliphatic carbocycles. The summed E-state index contributed by atoms with van der Waals surface area (Å²) in [6.07, 6.45) is 5.97. The second-order valence-corrected chi connectivity index (χ2v) is 10.9. The van der Waals surface area contributed by atoms with Crippen molar-refractivity contribution in [2.24, 2.45) is 10.4 Å². The standard InChI is InChI=1S/C19H38N4O3S2.HI/c1-3-20-18(21-10-16-28(24,25)23-11-14-27-15-12-23)22-17-19(7-5-6-8-19)9-13-26-4-2;/h3-17H2,1-2H3,(H2,20,21,22);1H. The maximum absolute atomic E-state index is 12.5. The molecule has 0 aromatic rings. The minimum Gasteiger partial charge on any atom is -0.382 e. The van der Waals surface area contributed by atoms with Crippen LogP contribution >= 0.6 is 35.7 Å². The van der Waals surface area contributed by atoms with Gasteiger partial charge < -0.3 is 15.4 Å². The van der Waals surface area contributed by atoms with Crippen molar-refractivity contribution in [2.75, 3.05) is 63.2 Å². The van der Waals surface area contributed by atoms with E-state index in [1.54, 1.807) is 4.31 Å². The summed E-state index contributed by atoms with van der Waals surface area (Å²) < 4.78 is 32.2. The zero-order valence-electron chi connectivity index (χ0n) is 18.0. The number of guanidine groups is 1. The quantitative estimate of drug-likeness (QED) is 0.174. The van der Waals surface area contributed by atoms with Crippen LogP contribution in [0.1, 0.15) is 46.0 Å². The van der Waals surface area contributed by atoms with E-state index in [4.69, 9.17) is 9.73 Å². The van der Waals surface area contributed by atoms with Crippen LogP contribution in [0.4, 0.5) is 0 Å². The van der Waals surface area contributed by atoms with Gasteiger partial charge in [-0.2, -0.15) is 11.8 Å². The first-order valence-corrected chi connectivity index (χ1v) is 13.4. The summed E-state index contributed by atoms with van der Waals surface area (Å²) in [5.74, 6) is 2.60. The predicted octanol–water partition coefficient (Wildman–Crippen LogP) is 2.53. The molecule has 0 aromatic carbocycles. The Bertz CT molecular complexity index is 578. The number of aliphatic imine (C=N–C) groups is 1. The second-order valence-electron chi connectivity index (χ2n) is 7.60. The molecule has 0 spiro atoms. The second kappa shape index (κ2) is 14.3. The highest BCUT2D eigenvalue weighted by atomic mass is 127. The van der Waals surface area contributed by atoms with Crippen LogP contribution in [0.3, 0.4) is 0 Å². The zero-order chi connectivity index (χ0) is 20.3. The lowest BCUT2D eigenvalue weighted by Crippen LogP contribution is -2.44. The minimum atomic E-state index is -3.19. The van der Waals surface area contributed by atoms with Gasteiger partial charge in [0, 0.05) is 57.4 Å². The number of halogens is 1. The van der Waals surface area contributed by atoms with Gasteiger partial charge in [-0.05, 0) is 38.5 Å². The van der Waals surface area contributed by atoms with E-state index in [0.29, 0.717) is 19.6 Å². The molecule has 2 fully saturated rings. The van der Waals surface area contributed by atoms with Crippen LogP contribution in [0, 0.1) is 5.41 Å². The normalized spacial score (nSPS) is 20.3. The largest absolute Gasteiger partial charge is 0.382 e. The zero-order valence-corrected chi connectivity index (χ0v) is 21.9. The van der Waals surface area contributed by atoms with Gasteiger partial charge >= 0.3 is 0 Å². The molecule has 172 valence electrons. The number of nitrogens with one attached hydrogen (secondary N) is 2. The SMILES string of the molecule is CCNC(=NCC1(CCOCC)CCCC1)NCCS(=O)(=O)N1CCSCC1.I. The fourth-order valence-corrected chi connectivity index (χ4v) is 6.38. The highest BCUT2D eigenvalue weighted by molar-refractivity contribution is 14.0. The molecule has 0 unspecified atom stereocenters. The van der Waals surface area contributed by atoms with E-state index in [-0.39, 0.29) is 35.1 Å². The molecule has 2 aliphatic rings. The minimum absolute atomic E-state index is 0. The Morgan fingerprint density at radius 2 is 1.86 bits per heavy atom. The average molecular weight is 563 g/mol. The first kappa shape index (κ1) is 27.3. The molecule has 0 bridgehead atoms. The van der Waals surface area contributed by atoms with Crippen molar-refractivity contribution < 1.29 is 13.2 Å². The van der Waals surface area contributed by atoms with E-state index >= 15 is 0 Å². The molecule has 2 rings (SSSR count). The van der Waals surface area contributed by atoms with Crippen LogP contribution in [0.15, 0.2) is 4.99 Å². The van der Waals surface area contributed by atoms with Gasteiger partial charge in [0.1, 0.15) is 0 Å².